The minimum atomic E-state index is 0.442. The summed E-state index contributed by atoms with van der Waals surface area (Å²) in [4.78, 5) is 8.53. The Morgan fingerprint density at radius 2 is 2.26 bits per heavy atom. The first kappa shape index (κ1) is 17.3. The van der Waals surface area contributed by atoms with Gasteiger partial charge in [-0.05, 0) is 41.3 Å². The zero-order valence-electron chi connectivity index (χ0n) is 13.9. The summed E-state index contributed by atoms with van der Waals surface area (Å²) < 4.78 is 5.54. The molecule has 6 heteroatoms. The second-order valence-corrected chi connectivity index (χ2v) is 5.95. The van der Waals surface area contributed by atoms with Crippen LogP contribution in [-0.4, -0.2) is 31.1 Å². The number of ether oxygens (including phenoxy) is 1. The van der Waals surface area contributed by atoms with Gasteiger partial charge in [0.15, 0.2) is 5.96 Å². The lowest BCUT2D eigenvalue weighted by molar-refractivity contribution is 0.322. The third kappa shape index (κ3) is 5.25. The Kier molecular flexibility index (Phi) is 6.87. The van der Waals surface area contributed by atoms with E-state index in [1.54, 1.807) is 24.6 Å². The van der Waals surface area contributed by atoms with Crippen LogP contribution in [0.4, 0.5) is 0 Å². The summed E-state index contributed by atoms with van der Waals surface area (Å²) in [6, 6.07) is 6.08. The lowest BCUT2D eigenvalue weighted by Crippen LogP contribution is -2.38. The predicted octanol–water partition coefficient (Wildman–Crippen LogP) is 3.01. The largest absolute Gasteiger partial charge is 0.478 e. The van der Waals surface area contributed by atoms with Crippen LogP contribution < -0.4 is 15.4 Å². The summed E-state index contributed by atoms with van der Waals surface area (Å²) in [6.45, 7) is 6.22. The van der Waals surface area contributed by atoms with E-state index in [1.807, 2.05) is 19.1 Å². The molecule has 0 spiro atoms. The smallest absolute Gasteiger partial charge is 0.218 e. The second kappa shape index (κ2) is 9.15. The van der Waals surface area contributed by atoms with E-state index in [9.17, 15) is 0 Å². The molecule has 124 valence electrons. The van der Waals surface area contributed by atoms with Crippen LogP contribution in [0.2, 0.25) is 0 Å². The third-order valence-electron chi connectivity index (χ3n) is 3.49. The van der Waals surface area contributed by atoms with Gasteiger partial charge in [0.25, 0.3) is 0 Å². The lowest BCUT2D eigenvalue weighted by atomic mass is 10.1. The molecule has 5 nitrogen and oxygen atoms in total. The van der Waals surface area contributed by atoms with E-state index in [1.165, 1.54) is 5.56 Å². The molecule has 2 heterocycles. The van der Waals surface area contributed by atoms with E-state index in [2.05, 4.69) is 44.4 Å². The van der Waals surface area contributed by atoms with E-state index in [-0.39, 0.29) is 0 Å². The summed E-state index contributed by atoms with van der Waals surface area (Å²) in [5, 5.41) is 11.0. The molecule has 0 bridgehead atoms. The van der Waals surface area contributed by atoms with Crippen LogP contribution in [0, 0.1) is 0 Å². The van der Waals surface area contributed by atoms with Gasteiger partial charge in [0.05, 0.1) is 6.61 Å². The summed E-state index contributed by atoms with van der Waals surface area (Å²) in [5.74, 6) is 1.89. The van der Waals surface area contributed by atoms with Gasteiger partial charge in [-0.25, -0.2) is 4.98 Å². The minimum absolute atomic E-state index is 0.442. The van der Waals surface area contributed by atoms with Crippen LogP contribution in [0.25, 0.3) is 0 Å². The van der Waals surface area contributed by atoms with Gasteiger partial charge in [-0.15, -0.1) is 0 Å². The minimum Gasteiger partial charge on any atom is -0.478 e. The molecule has 2 rings (SSSR count). The van der Waals surface area contributed by atoms with Crippen LogP contribution in [0.1, 0.15) is 30.9 Å². The van der Waals surface area contributed by atoms with E-state index in [4.69, 9.17) is 4.74 Å². The fraction of sp³-hybridized carbons (Fsp3) is 0.412. The Hall–Kier alpha value is -2.08. The molecule has 0 amide bonds. The maximum atomic E-state index is 5.54. The van der Waals surface area contributed by atoms with Crippen molar-refractivity contribution in [2.75, 3.05) is 20.2 Å². The molecule has 2 N–H and O–H groups in total. The molecule has 0 aliphatic rings. The highest BCUT2D eigenvalue weighted by atomic mass is 32.1. The van der Waals surface area contributed by atoms with Crippen LogP contribution in [0.3, 0.4) is 0 Å². The average Bonchev–Trinajstić information content (AvgIpc) is 3.11. The van der Waals surface area contributed by atoms with Crippen LogP contribution in [0.5, 0.6) is 5.88 Å². The third-order valence-corrected chi connectivity index (χ3v) is 4.19. The maximum absolute atomic E-state index is 5.54. The SMILES string of the molecule is CCOc1ncccc1CNC(=NC)NCC(C)c1ccsc1. The molecule has 1 unspecified atom stereocenters. The monoisotopic (exact) mass is 332 g/mol. The molecule has 0 saturated heterocycles. The highest BCUT2D eigenvalue weighted by molar-refractivity contribution is 7.07. The van der Waals surface area contributed by atoms with Gasteiger partial charge in [0.2, 0.25) is 5.88 Å². The molecule has 23 heavy (non-hydrogen) atoms. The number of hydrogen-bond donors (Lipinski definition) is 2. The molecule has 0 fully saturated rings. The number of thiophene rings is 1. The van der Waals surface area contributed by atoms with E-state index in [0.717, 1.165) is 18.1 Å². The topological polar surface area (TPSA) is 58.5 Å². The van der Waals surface area contributed by atoms with E-state index in [0.29, 0.717) is 24.9 Å². The van der Waals surface area contributed by atoms with E-state index >= 15 is 0 Å². The quantitative estimate of drug-likeness (QED) is 0.604. The van der Waals surface area contributed by atoms with Gasteiger partial charge in [-0.1, -0.05) is 13.0 Å². The van der Waals surface area contributed by atoms with Crippen molar-refractivity contribution in [3.8, 4) is 5.88 Å². The maximum Gasteiger partial charge on any atom is 0.218 e. The Labute approximate surface area is 141 Å². The molecular formula is C17H24N4OS. The molecule has 0 aromatic carbocycles. The van der Waals surface area contributed by atoms with Crippen molar-refractivity contribution in [3.63, 3.8) is 0 Å². The van der Waals surface area contributed by atoms with Crippen molar-refractivity contribution >= 4 is 17.3 Å². The van der Waals surface area contributed by atoms with Crippen LogP contribution in [0.15, 0.2) is 40.1 Å². The normalized spacial score (nSPS) is 12.7. The Bertz CT molecular complexity index is 613. The zero-order valence-corrected chi connectivity index (χ0v) is 14.7. The van der Waals surface area contributed by atoms with Crippen molar-refractivity contribution in [1.82, 2.24) is 15.6 Å². The molecule has 2 aromatic heterocycles. The fourth-order valence-corrected chi connectivity index (χ4v) is 2.93. The van der Waals surface area contributed by atoms with Gasteiger partial charge in [-0.3, -0.25) is 4.99 Å². The Morgan fingerprint density at radius 1 is 1.39 bits per heavy atom. The van der Waals surface area contributed by atoms with Crippen molar-refractivity contribution < 1.29 is 4.74 Å². The van der Waals surface area contributed by atoms with E-state index < -0.39 is 0 Å². The molecule has 0 aliphatic carbocycles. The van der Waals surface area contributed by atoms with Crippen molar-refractivity contribution in [2.24, 2.45) is 4.99 Å². The number of aromatic nitrogens is 1. The molecule has 0 aliphatic heterocycles. The van der Waals surface area contributed by atoms with Gasteiger partial charge in [0.1, 0.15) is 0 Å². The Balaban J connectivity index is 1.86. The first-order valence-electron chi connectivity index (χ1n) is 7.77. The molecular weight excluding hydrogens is 308 g/mol. The number of pyridine rings is 1. The Morgan fingerprint density at radius 3 is 2.96 bits per heavy atom. The van der Waals surface area contributed by atoms with Gasteiger partial charge < -0.3 is 15.4 Å². The predicted molar refractivity (Wildman–Crippen MR) is 96.3 cm³/mol. The summed E-state index contributed by atoms with van der Waals surface area (Å²) >= 11 is 1.73. The first-order chi connectivity index (χ1) is 11.2. The first-order valence-corrected chi connectivity index (χ1v) is 8.72. The standard InChI is InChI=1S/C17H24N4OS/c1-4-22-16-14(6-5-8-19-16)11-21-17(18-3)20-10-13(2)15-7-9-23-12-15/h5-9,12-13H,4,10-11H2,1-3H3,(H2,18,20,21). The van der Waals surface area contributed by atoms with Crippen molar-refractivity contribution in [3.05, 3.63) is 46.3 Å². The zero-order chi connectivity index (χ0) is 16.5. The van der Waals surface area contributed by atoms with Crippen molar-refractivity contribution in [1.29, 1.82) is 0 Å². The van der Waals surface area contributed by atoms with Crippen LogP contribution >= 0.6 is 11.3 Å². The number of nitrogens with zero attached hydrogens (tertiary/aromatic N) is 2. The summed E-state index contributed by atoms with van der Waals surface area (Å²) in [5.41, 5.74) is 2.37. The molecule has 0 radical (unpaired) electrons. The van der Waals surface area contributed by atoms with Crippen LogP contribution in [-0.2, 0) is 6.54 Å². The number of hydrogen-bond acceptors (Lipinski definition) is 4. The second-order valence-electron chi connectivity index (χ2n) is 5.17. The van der Waals surface area contributed by atoms with Gasteiger partial charge in [0, 0.05) is 31.9 Å². The summed E-state index contributed by atoms with van der Waals surface area (Å²) in [7, 11) is 1.78. The highest BCUT2D eigenvalue weighted by Crippen LogP contribution is 2.17. The average molecular weight is 332 g/mol. The summed E-state index contributed by atoms with van der Waals surface area (Å²) in [6.07, 6.45) is 1.74. The van der Waals surface area contributed by atoms with Gasteiger partial charge >= 0.3 is 0 Å². The number of guanidine groups is 1. The number of aliphatic imine (C=N–C) groups is 1. The fourth-order valence-electron chi connectivity index (χ4n) is 2.15. The lowest BCUT2D eigenvalue weighted by Gasteiger charge is -2.16. The molecule has 2 aromatic rings. The molecule has 1 atom stereocenters. The number of nitrogens with one attached hydrogen (secondary N) is 2. The van der Waals surface area contributed by atoms with Crippen molar-refractivity contribution in [2.45, 2.75) is 26.3 Å². The van der Waals surface area contributed by atoms with Gasteiger partial charge in [-0.2, -0.15) is 11.3 Å². The highest BCUT2D eigenvalue weighted by Gasteiger charge is 2.08. The molecule has 0 saturated carbocycles. The number of rotatable bonds is 7.